The molecule has 1 heterocycles. The maximum absolute atomic E-state index is 13.3. The first-order valence-electron chi connectivity index (χ1n) is 10.6. The number of nitrogens with zero attached hydrogens (tertiary/aromatic N) is 1. The molecule has 0 spiro atoms. The predicted octanol–water partition coefficient (Wildman–Crippen LogP) is 4.90. The van der Waals surface area contributed by atoms with Crippen LogP contribution in [0.2, 0.25) is 0 Å². The van der Waals surface area contributed by atoms with E-state index in [0.29, 0.717) is 5.75 Å². The molecule has 1 amide bonds. The number of hydrogen-bond donors (Lipinski definition) is 2. The van der Waals surface area contributed by atoms with Crippen LogP contribution in [0.15, 0.2) is 47.1 Å². The zero-order valence-corrected chi connectivity index (χ0v) is 18.0. The number of rotatable bonds is 4. The van der Waals surface area contributed by atoms with Crippen LogP contribution < -0.4 is 14.8 Å². The van der Waals surface area contributed by atoms with Crippen molar-refractivity contribution in [3.63, 3.8) is 0 Å². The van der Waals surface area contributed by atoms with Crippen LogP contribution in [-0.4, -0.2) is 24.1 Å². The van der Waals surface area contributed by atoms with E-state index in [1.807, 2.05) is 30.3 Å². The first kappa shape index (κ1) is 19.7. The molecule has 1 saturated carbocycles. The lowest BCUT2D eigenvalue weighted by Crippen LogP contribution is -2.27. The Kier molecular flexibility index (Phi) is 4.36. The number of oxime groups is 1. The average Bonchev–Trinajstić information content (AvgIpc) is 3.27. The molecule has 2 aromatic rings. The Bertz CT molecular complexity index is 1140. The van der Waals surface area contributed by atoms with Crippen LogP contribution in [0.5, 0.6) is 11.5 Å². The van der Waals surface area contributed by atoms with Gasteiger partial charge in [-0.15, -0.1) is 0 Å². The minimum Gasteiger partial charge on any atom is -0.454 e. The molecule has 2 N–H and O–H groups in total. The fourth-order valence-corrected chi connectivity index (χ4v) is 4.60. The molecule has 6 nitrogen and oxygen atoms in total. The van der Waals surface area contributed by atoms with Gasteiger partial charge in [-0.05, 0) is 65.6 Å². The molecule has 5 rings (SSSR count). The standard InChI is InChI=1S/C25H26N2O4/c1-24(2,3)20-10-15-4-6-17(12-18(15)19(20)13-26-29)27-23(28)25(8-9-25)16-5-7-21-22(11-16)31-14-30-21/h4-7,11-13,29H,8-10,14H2,1-3H3,(H,27,28)/b26-13+. The van der Waals surface area contributed by atoms with Gasteiger partial charge in [0.2, 0.25) is 12.7 Å². The molecular weight excluding hydrogens is 392 g/mol. The van der Waals surface area contributed by atoms with Crippen LogP contribution in [0.1, 0.15) is 50.3 Å². The summed E-state index contributed by atoms with van der Waals surface area (Å²) in [6, 6.07) is 11.7. The number of ether oxygens (including phenoxy) is 2. The number of amides is 1. The molecule has 6 heteroatoms. The first-order valence-corrected chi connectivity index (χ1v) is 10.6. The molecule has 1 fully saturated rings. The van der Waals surface area contributed by atoms with Crippen LogP contribution in [0.4, 0.5) is 5.69 Å². The molecule has 3 aliphatic rings. The van der Waals surface area contributed by atoms with Gasteiger partial charge in [0.25, 0.3) is 0 Å². The van der Waals surface area contributed by atoms with Crippen molar-refractivity contribution in [2.24, 2.45) is 10.6 Å². The van der Waals surface area contributed by atoms with Gasteiger partial charge in [-0.3, -0.25) is 4.79 Å². The summed E-state index contributed by atoms with van der Waals surface area (Å²) < 4.78 is 10.9. The van der Waals surface area contributed by atoms with Crippen molar-refractivity contribution in [3.05, 3.63) is 58.7 Å². The molecular formula is C25H26N2O4. The Balaban J connectivity index is 1.42. The lowest BCUT2D eigenvalue weighted by atomic mass is 9.83. The van der Waals surface area contributed by atoms with E-state index < -0.39 is 5.41 Å². The minimum atomic E-state index is -0.526. The zero-order valence-electron chi connectivity index (χ0n) is 18.0. The number of benzene rings is 2. The minimum absolute atomic E-state index is 0.0123. The fraction of sp³-hybridized carbons (Fsp3) is 0.360. The maximum Gasteiger partial charge on any atom is 0.235 e. The second kappa shape index (κ2) is 6.87. The predicted molar refractivity (Wildman–Crippen MR) is 119 cm³/mol. The van der Waals surface area contributed by atoms with Crippen molar-refractivity contribution in [3.8, 4) is 11.5 Å². The Labute approximate surface area is 181 Å². The van der Waals surface area contributed by atoms with Crippen molar-refractivity contribution in [2.45, 2.75) is 45.4 Å². The van der Waals surface area contributed by atoms with E-state index in [4.69, 9.17) is 9.47 Å². The number of fused-ring (bicyclic) bond motifs is 2. The van der Waals surface area contributed by atoms with Gasteiger partial charge in [-0.25, -0.2) is 0 Å². The number of hydrogen-bond acceptors (Lipinski definition) is 5. The highest BCUT2D eigenvalue weighted by Gasteiger charge is 2.51. The molecule has 0 radical (unpaired) electrons. The summed E-state index contributed by atoms with van der Waals surface area (Å²) in [7, 11) is 0. The maximum atomic E-state index is 13.3. The van der Waals surface area contributed by atoms with E-state index in [9.17, 15) is 10.0 Å². The van der Waals surface area contributed by atoms with Crippen molar-refractivity contribution in [2.75, 3.05) is 12.1 Å². The van der Waals surface area contributed by atoms with Gasteiger partial charge < -0.3 is 20.0 Å². The third kappa shape index (κ3) is 3.26. The molecule has 0 saturated heterocycles. The zero-order chi connectivity index (χ0) is 21.8. The van der Waals surface area contributed by atoms with Crippen LogP contribution in [0.25, 0.3) is 5.57 Å². The van der Waals surface area contributed by atoms with E-state index >= 15 is 0 Å². The molecule has 0 unspecified atom stereocenters. The lowest BCUT2D eigenvalue weighted by molar-refractivity contribution is -0.118. The molecule has 160 valence electrons. The van der Waals surface area contributed by atoms with Crippen molar-refractivity contribution < 1.29 is 19.5 Å². The summed E-state index contributed by atoms with van der Waals surface area (Å²) >= 11 is 0. The van der Waals surface area contributed by atoms with Crippen LogP contribution >= 0.6 is 0 Å². The van der Waals surface area contributed by atoms with Gasteiger partial charge in [0, 0.05) is 11.3 Å². The normalized spacial score (nSPS) is 18.4. The van der Waals surface area contributed by atoms with Gasteiger partial charge in [0.05, 0.1) is 11.6 Å². The second-order valence-electron chi connectivity index (χ2n) is 9.54. The molecule has 1 aliphatic heterocycles. The Morgan fingerprint density at radius 2 is 1.90 bits per heavy atom. The smallest absolute Gasteiger partial charge is 0.235 e. The van der Waals surface area contributed by atoms with Gasteiger partial charge in [-0.1, -0.05) is 43.6 Å². The topological polar surface area (TPSA) is 80.2 Å². The molecule has 0 aromatic heterocycles. The summed E-state index contributed by atoms with van der Waals surface area (Å²) in [4.78, 5) is 13.3. The average molecular weight is 418 g/mol. The highest BCUT2D eigenvalue weighted by molar-refractivity contribution is 6.14. The van der Waals surface area contributed by atoms with Crippen molar-refractivity contribution in [1.82, 2.24) is 0 Å². The number of nitrogens with one attached hydrogen (secondary N) is 1. The molecule has 2 aromatic carbocycles. The fourth-order valence-electron chi connectivity index (χ4n) is 4.60. The van der Waals surface area contributed by atoms with Crippen LogP contribution in [-0.2, 0) is 16.6 Å². The summed E-state index contributed by atoms with van der Waals surface area (Å²) in [5, 5.41) is 15.6. The second-order valence-corrected chi connectivity index (χ2v) is 9.54. The Morgan fingerprint density at radius 3 is 2.61 bits per heavy atom. The quantitative estimate of drug-likeness (QED) is 0.420. The summed E-state index contributed by atoms with van der Waals surface area (Å²) in [6.45, 7) is 6.69. The monoisotopic (exact) mass is 418 g/mol. The number of carbonyl (C=O) groups is 1. The van der Waals surface area contributed by atoms with E-state index in [1.165, 1.54) is 17.4 Å². The van der Waals surface area contributed by atoms with E-state index in [2.05, 4.69) is 37.3 Å². The Hall–Kier alpha value is -3.28. The van der Waals surface area contributed by atoms with Gasteiger partial charge in [0.15, 0.2) is 11.5 Å². The Morgan fingerprint density at radius 1 is 1.13 bits per heavy atom. The van der Waals surface area contributed by atoms with Crippen LogP contribution in [0.3, 0.4) is 0 Å². The summed E-state index contributed by atoms with van der Waals surface area (Å²) in [5.74, 6) is 1.40. The van der Waals surface area contributed by atoms with Crippen LogP contribution in [0, 0.1) is 5.41 Å². The lowest BCUT2D eigenvalue weighted by Gasteiger charge is -2.21. The van der Waals surface area contributed by atoms with E-state index in [1.54, 1.807) is 0 Å². The highest BCUT2D eigenvalue weighted by atomic mass is 16.7. The molecule has 31 heavy (non-hydrogen) atoms. The third-order valence-electron chi connectivity index (χ3n) is 6.55. The third-order valence-corrected chi connectivity index (χ3v) is 6.55. The first-order chi connectivity index (χ1) is 14.8. The highest BCUT2D eigenvalue weighted by Crippen LogP contribution is 2.51. The number of carbonyl (C=O) groups excluding carboxylic acids is 1. The number of allylic oxidation sites excluding steroid dienone is 2. The largest absolute Gasteiger partial charge is 0.454 e. The van der Waals surface area contributed by atoms with E-state index in [-0.39, 0.29) is 18.1 Å². The molecule has 0 bridgehead atoms. The van der Waals surface area contributed by atoms with Crippen molar-refractivity contribution in [1.29, 1.82) is 0 Å². The summed E-state index contributed by atoms with van der Waals surface area (Å²) in [6.07, 6.45) is 3.93. The van der Waals surface area contributed by atoms with Gasteiger partial charge in [-0.2, -0.15) is 0 Å². The number of anilines is 1. The van der Waals surface area contributed by atoms with Gasteiger partial charge in [0.1, 0.15) is 0 Å². The van der Waals surface area contributed by atoms with Gasteiger partial charge >= 0.3 is 0 Å². The summed E-state index contributed by atoms with van der Waals surface area (Å²) in [5.41, 5.74) is 5.47. The SMILES string of the molecule is CC(C)(C)C1=C(/C=N/O)c2cc(NC(=O)C3(c4ccc5c(c4)OCO5)CC3)ccc2C1. The molecule has 0 atom stereocenters. The molecule has 2 aliphatic carbocycles. The van der Waals surface area contributed by atoms with Crippen molar-refractivity contribution >= 4 is 23.4 Å². The van der Waals surface area contributed by atoms with E-state index in [0.717, 1.165) is 47.4 Å².